The number of oxazole rings is 1. The number of rotatable bonds is 4. The summed E-state index contributed by atoms with van der Waals surface area (Å²) < 4.78 is 31.2. The molecule has 0 N–H and O–H groups in total. The van der Waals surface area contributed by atoms with Crippen molar-refractivity contribution in [2.45, 2.75) is 16.7 Å². The first-order valence-corrected chi connectivity index (χ1v) is 9.96. The SMILES string of the molecule is Cc1ccc(-c2cnc(-c3ccc(S(=O)(=O)c4ccccc4)cc3)o2)cc1. The minimum Gasteiger partial charge on any atom is -0.436 e. The van der Waals surface area contributed by atoms with E-state index in [0.717, 1.165) is 11.1 Å². The molecule has 4 aromatic rings. The summed E-state index contributed by atoms with van der Waals surface area (Å²) in [5.74, 6) is 1.13. The van der Waals surface area contributed by atoms with Crippen LogP contribution in [-0.4, -0.2) is 13.4 Å². The van der Waals surface area contributed by atoms with Crippen LogP contribution in [0.15, 0.2) is 99.3 Å². The van der Waals surface area contributed by atoms with E-state index in [1.54, 1.807) is 60.8 Å². The van der Waals surface area contributed by atoms with Gasteiger partial charge >= 0.3 is 0 Å². The van der Waals surface area contributed by atoms with Crippen LogP contribution < -0.4 is 0 Å². The molecule has 0 atom stereocenters. The van der Waals surface area contributed by atoms with Crippen molar-refractivity contribution in [2.24, 2.45) is 0 Å². The molecule has 0 saturated heterocycles. The highest BCUT2D eigenvalue weighted by Gasteiger charge is 2.17. The second kappa shape index (κ2) is 6.85. The van der Waals surface area contributed by atoms with E-state index in [9.17, 15) is 8.42 Å². The maximum atomic E-state index is 12.7. The summed E-state index contributed by atoms with van der Waals surface area (Å²) in [7, 11) is -3.53. The zero-order chi connectivity index (χ0) is 18.9. The minimum absolute atomic E-state index is 0.239. The van der Waals surface area contributed by atoms with Crippen LogP contribution in [0.3, 0.4) is 0 Å². The first-order valence-electron chi connectivity index (χ1n) is 8.47. The Balaban J connectivity index is 1.63. The Bertz CT molecular complexity index is 1160. The maximum absolute atomic E-state index is 12.7. The fourth-order valence-corrected chi connectivity index (χ4v) is 4.05. The van der Waals surface area contributed by atoms with Gasteiger partial charge in [-0.1, -0.05) is 48.0 Å². The highest BCUT2D eigenvalue weighted by molar-refractivity contribution is 7.91. The molecule has 4 rings (SSSR count). The molecule has 0 saturated carbocycles. The summed E-state index contributed by atoms with van der Waals surface area (Å²) in [6.07, 6.45) is 1.68. The molecule has 134 valence electrons. The summed E-state index contributed by atoms with van der Waals surface area (Å²) >= 11 is 0. The van der Waals surface area contributed by atoms with Gasteiger partial charge in [-0.15, -0.1) is 0 Å². The lowest BCUT2D eigenvalue weighted by molar-refractivity contribution is 0.588. The van der Waals surface area contributed by atoms with Crippen molar-refractivity contribution in [3.05, 3.63) is 90.6 Å². The highest BCUT2D eigenvalue weighted by atomic mass is 32.2. The van der Waals surface area contributed by atoms with E-state index in [1.165, 1.54) is 5.56 Å². The van der Waals surface area contributed by atoms with E-state index in [1.807, 2.05) is 31.2 Å². The van der Waals surface area contributed by atoms with Crippen LogP contribution in [0, 0.1) is 6.92 Å². The molecule has 4 nitrogen and oxygen atoms in total. The van der Waals surface area contributed by atoms with E-state index >= 15 is 0 Å². The molecule has 0 spiro atoms. The van der Waals surface area contributed by atoms with E-state index in [-0.39, 0.29) is 9.79 Å². The molecule has 1 aromatic heterocycles. The van der Waals surface area contributed by atoms with Gasteiger partial charge in [-0.05, 0) is 43.3 Å². The molecule has 0 unspecified atom stereocenters. The molecule has 27 heavy (non-hydrogen) atoms. The Labute approximate surface area is 158 Å². The van der Waals surface area contributed by atoms with Crippen LogP contribution in [0.25, 0.3) is 22.8 Å². The van der Waals surface area contributed by atoms with Gasteiger partial charge in [0.2, 0.25) is 15.7 Å². The number of hydrogen-bond donors (Lipinski definition) is 0. The number of aromatic nitrogens is 1. The Morgan fingerprint density at radius 1 is 0.741 bits per heavy atom. The monoisotopic (exact) mass is 375 g/mol. The smallest absolute Gasteiger partial charge is 0.226 e. The van der Waals surface area contributed by atoms with Crippen molar-refractivity contribution in [2.75, 3.05) is 0 Å². The zero-order valence-electron chi connectivity index (χ0n) is 14.7. The van der Waals surface area contributed by atoms with E-state index in [4.69, 9.17) is 4.42 Å². The summed E-state index contributed by atoms with van der Waals surface area (Å²) in [6, 6.07) is 22.9. The predicted octanol–water partition coefficient (Wildman–Crippen LogP) is 5.15. The second-order valence-electron chi connectivity index (χ2n) is 6.24. The fraction of sp³-hybridized carbons (Fsp3) is 0.0455. The Morgan fingerprint density at radius 3 is 2.00 bits per heavy atom. The van der Waals surface area contributed by atoms with E-state index < -0.39 is 9.84 Å². The molecule has 0 aliphatic carbocycles. The van der Waals surface area contributed by atoms with Gasteiger partial charge in [0.05, 0.1) is 16.0 Å². The average molecular weight is 375 g/mol. The zero-order valence-corrected chi connectivity index (χ0v) is 15.5. The largest absolute Gasteiger partial charge is 0.436 e. The topological polar surface area (TPSA) is 60.2 Å². The van der Waals surface area contributed by atoms with Crippen LogP contribution >= 0.6 is 0 Å². The number of hydrogen-bond acceptors (Lipinski definition) is 4. The third-order valence-electron chi connectivity index (χ3n) is 4.31. The molecule has 3 aromatic carbocycles. The molecule has 0 aliphatic rings. The Morgan fingerprint density at radius 2 is 1.33 bits per heavy atom. The summed E-state index contributed by atoms with van der Waals surface area (Å²) in [5, 5.41) is 0. The third kappa shape index (κ3) is 3.41. The molecular weight excluding hydrogens is 358 g/mol. The average Bonchev–Trinajstić information content (AvgIpc) is 3.19. The van der Waals surface area contributed by atoms with Gasteiger partial charge in [0.1, 0.15) is 0 Å². The number of benzene rings is 3. The van der Waals surface area contributed by atoms with Crippen LogP contribution in [0.2, 0.25) is 0 Å². The summed E-state index contributed by atoms with van der Waals surface area (Å²) in [4.78, 5) is 4.83. The van der Waals surface area contributed by atoms with Crippen LogP contribution in [-0.2, 0) is 9.84 Å². The van der Waals surface area contributed by atoms with Crippen molar-refractivity contribution in [1.82, 2.24) is 4.98 Å². The normalized spacial score (nSPS) is 11.4. The molecule has 5 heteroatoms. The van der Waals surface area contributed by atoms with E-state index in [0.29, 0.717) is 11.7 Å². The van der Waals surface area contributed by atoms with Gasteiger partial charge in [0.15, 0.2) is 5.76 Å². The second-order valence-corrected chi connectivity index (χ2v) is 8.19. The van der Waals surface area contributed by atoms with Crippen molar-refractivity contribution in [1.29, 1.82) is 0 Å². The van der Waals surface area contributed by atoms with Gasteiger partial charge in [-0.2, -0.15) is 0 Å². The molecule has 1 heterocycles. The molecule has 0 fully saturated rings. The maximum Gasteiger partial charge on any atom is 0.226 e. The Hall–Kier alpha value is -3.18. The minimum atomic E-state index is -3.53. The lowest BCUT2D eigenvalue weighted by atomic mass is 10.1. The van der Waals surface area contributed by atoms with Gasteiger partial charge in [0.25, 0.3) is 0 Å². The van der Waals surface area contributed by atoms with Crippen molar-refractivity contribution in [3.8, 4) is 22.8 Å². The van der Waals surface area contributed by atoms with E-state index in [2.05, 4.69) is 4.98 Å². The van der Waals surface area contributed by atoms with Gasteiger partial charge < -0.3 is 4.42 Å². The van der Waals surface area contributed by atoms with Crippen LogP contribution in [0.1, 0.15) is 5.56 Å². The molecule has 0 radical (unpaired) electrons. The van der Waals surface area contributed by atoms with Gasteiger partial charge in [-0.3, -0.25) is 0 Å². The summed E-state index contributed by atoms with van der Waals surface area (Å²) in [6.45, 7) is 2.03. The van der Waals surface area contributed by atoms with Gasteiger partial charge in [0, 0.05) is 11.1 Å². The van der Waals surface area contributed by atoms with Crippen molar-refractivity contribution >= 4 is 9.84 Å². The van der Waals surface area contributed by atoms with Crippen molar-refractivity contribution < 1.29 is 12.8 Å². The van der Waals surface area contributed by atoms with Crippen molar-refractivity contribution in [3.63, 3.8) is 0 Å². The molecule has 0 aliphatic heterocycles. The first kappa shape index (κ1) is 17.2. The predicted molar refractivity (Wildman–Crippen MR) is 104 cm³/mol. The fourth-order valence-electron chi connectivity index (χ4n) is 2.77. The summed E-state index contributed by atoms with van der Waals surface area (Å²) in [5.41, 5.74) is 2.84. The number of sulfone groups is 1. The number of nitrogens with zero attached hydrogens (tertiary/aromatic N) is 1. The highest BCUT2D eigenvalue weighted by Crippen LogP contribution is 2.28. The number of aryl methyl sites for hydroxylation is 1. The molecule has 0 bridgehead atoms. The van der Waals surface area contributed by atoms with Gasteiger partial charge in [-0.25, -0.2) is 13.4 Å². The molecule has 0 amide bonds. The van der Waals surface area contributed by atoms with Crippen LogP contribution in [0.4, 0.5) is 0 Å². The first-order chi connectivity index (χ1) is 13.0. The quantitative estimate of drug-likeness (QED) is 0.495. The lowest BCUT2D eigenvalue weighted by Gasteiger charge is -2.05. The lowest BCUT2D eigenvalue weighted by Crippen LogP contribution is -2.01. The van der Waals surface area contributed by atoms with Crippen LogP contribution in [0.5, 0.6) is 0 Å². The third-order valence-corrected chi connectivity index (χ3v) is 6.09. The Kier molecular flexibility index (Phi) is 4.38. The molecular formula is C22H17NO3S. The standard InChI is InChI=1S/C22H17NO3S/c1-16-7-9-17(10-8-16)21-15-23-22(26-21)18-11-13-20(14-12-18)27(24,25)19-5-3-2-4-6-19/h2-15H,1H3.